The van der Waals surface area contributed by atoms with Gasteiger partial charge in [-0.25, -0.2) is 8.42 Å². The van der Waals surface area contributed by atoms with Crippen LogP contribution in [0.2, 0.25) is 5.02 Å². The molecule has 1 saturated heterocycles. The lowest BCUT2D eigenvalue weighted by atomic mass is 10.1. The Morgan fingerprint density at radius 2 is 1.81 bits per heavy atom. The molecular weight excluding hydrogens is 534 g/mol. The molecule has 3 aromatic rings. The largest absolute Gasteiger partial charge is 0.356 e. The average molecular weight is 562 g/mol. The Morgan fingerprint density at radius 3 is 2.49 bits per heavy atom. The highest BCUT2D eigenvalue weighted by Crippen LogP contribution is 2.26. The van der Waals surface area contributed by atoms with Crippen molar-refractivity contribution in [2.45, 2.75) is 42.7 Å². The van der Waals surface area contributed by atoms with Gasteiger partial charge in [0.05, 0.1) is 16.3 Å². The molecule has 0 spiro atoms. The van der Waals surface area contributed by atoms with E-state index in [4.69, 9.17) is 11.6 Å². The molecule has 196 valence electrons. The summed E-state index contributed by atoms with van der Waals surface area (Å²) in [6, 6.07) is 13.4. The Labute approximate surface area is 225 Å². The summed E-state index contributed by atoms with van der Waals surface area (Å²) in [5, 5.41) is 12.5. The number of carbonyl (C=O) groups is 2. The molecule has 0 saturated carbocycles. The van der Waals surface area contributed by atoms with Crippen molar-refractivity contribution in [2.75, 3.05) is 25.4 Å². The van der Waals surface area contributed by atoms with Gasteiger partial charge in [0.15, 0.2) is 10.9 Å². The number of nitrogens with one attached hydrogen (secondary N) is 1. The van der Waals surface area contributed by atoms with Gasteiger partial charge >= 0.3 is 0 Å². The first-order valence-electron chi connectivity index (χ1n) is 12.0. The van der Waals surface area contributed by atoms with E-state index in [9.17, 15) is 18.0 Å². The van der Waals surface area contributed by atoms with E-state index in [1.165, 1.54) is 35.1 Å². The second-order valence-corrected chi connectivity index (χ2v) is 12.0. The lowest BCUT2D eigenvalue weighted by Crippen LogP contribution is -2.27. The van der Waals surface area contributed by atoms with Gasteiger partial charge in [-0.05, 0) is 49.6 Å². The van der Waals surface area contributed by atoms with Crippen molar-refractivity contribution < 1.29 is 18.0 Å². The third-order valence-electron chi connectivity index (χ3n) is 5.93. The van der Waals surface area contributed by atoms with Crippen molar-refractivity contribution in [1.82, 2.24) is 24.4 Å². The summed E-state index contributed by atoms with van der Waals surface area (Å²) in [6.07, 6.45) is 2.98. The lowest BCUT2D eigenvalue weighted by molar-refractivity contribution is -0.118. The number of aryl methyl sites for hydroxylation is 1. The van der Waals surface area contributed by atoms with Crippen molar-refractivity contribution in [3.05, 3.63) is 64.9 Å². The Morgan fingerprint density at radius 1 is 1.08 bits per heavy atom. The zero-order valence-corrected chi connectivity index (χ0v) is 22.8. The molecule has 1 aromatic heterocycles. The number of nitrogens with zero attached hydrogens (tertiary/aromatic N) is 4. The van der Waals surface area contributed by atoms with Crippen LogP contribution in [0.15, 0.2) is 58.6 Å². The Bertz CT molecular complexity index is 1370. The molecule has 1 aliphatic rings. The van der Waals surface area contributed by atoms with E-state index in [1.807, 2.05) is 16.7 Å². The first-order valence-corrected chi connectivity index (χ1v) is 14.8. The van der Waals surface area contributed by atoms with Gasteiger partial charge in [0.25, 0.3) is 0 Å². The molecule has 1 amide bonds. The quantitative estimate of drug-likeness (QED) is 0.215. The molecule has 0 unspecified atom stereocenters. The smallest absolute Gasteiger partial charge is 0.243 e. The number of ketones is 1. The molecule has 1 fully saturated rings. The van der Waals surface area contributed by atoms with Gasteiger partial charge in [-0.2, -0.15) is 4.31 Å². The predicted octanol–water partition coefficient (Wildman–Crippen LogP) is 3.75. The van der Waals surface area contributed by atoms with Crippen molar-refractivity contribution in [2.24, 2.45) is 0 Å². The molecule has 0 bridgehead atoms. The summed E-state index contributed by atoms with van der Waals surface area (Å²) >= 11 is 7.46. The number of hydrogen-bond acceptors (Lipinski definition) is 7. The van der Waals surface area contributed by atoms with E-state index in [0.29, 0.717) is 54.0 Å². The van der Waals surface area contributed by atoms with Crippen molar-refractivity contribution in [1.29, 1.82) is 0 Å². The summed E-state index contributed by atoms with van der Waals surface area (Å²) in [6.45, 7) is 3.05. The summed E-state index contributed by atoms with van der Waals surface area (Å²) < 4.78 is 28.8. The molecule has 1 aliphatic heterocycles. The topological polar surface area (TPSA) is 114 Å². The summed E-state index contributed by atoms with van der Waals surface area (Å²) in [7, 11) is -3.53. The maximum absolute atomic E-state index is 12.9. The average Bonchev–Trinajstić information content (AvgIpc) is 3.56. The van der Waals surface area contributed by atoms with E-state index < -0.39 is 10.0 Å². The number of amides is 1. The Balaban J connectivity index is 1.47. The Hall–Kier alpha value is -2.73. The third-order valence-corrected chi connectivity index (χ3v) is 9.01. The van der Waals surface area contributed by atoms with Crippen LogP contribution < -0.4 is 5.32 Å². The molecule has 2 aromatic carbocycles. The third kappa shape index (κ3) is 6.78. The van der Waals surface area contributed by atoms with Crippen LogP contribution in [0.25, 0.3) is 5.69 Å². The minimum absolute atomic E-state index is 0.0901. The summed E-state index contributed by atoms with van der Waals surface area (Å²) in [5.74, 6) is 0.553. The standard InChI is InChI=1S/C25H28ClN5O4S2/c1-18(32)27-13-5-8-24-28-29-25(31(24)21-7-4-6-20(26)16-21)36-17-23(33)19-9-11-22(12-10-19)37(34,35)30-14-2-3-15-30/h4,6-7,9-12,16H,2-3,5,8,13-15,17H2,1H3,(H,27,32). The Kier molecular flexibility index (Phi) is 9.01. The van der Waals surface area contributed by atoms with Gasteiger partial charge in [-0.1, -0.05) is 41.6 Å². The molecule has 4 rings (SSSR count). The number of benzene rings is 2. The van der Waals surface area contributed by atoms with E-state index in [2.05, 4.69) is 15.5 Å². The molecule has 0 aliphatic carbocycles. The number of sulfonamides is 1. The van der Waals surface area contributed by atoms with Gasteiger partial charge in [-0.15, -0.1) is 10.2 Å². The summed E-state index contributed by atoms with van der Waals surface area (Å²) in [4.78, 5) is 24.3. The fourth-order valence-electron chi connectivity index (χ4n) is 4.04. The van der Waals surface area contributed by atoms with Crippen LogP contribution in [0, 0.1) is 0 Å². The second kappa shape index (κ2) is 12.2. The van der Waals surface area contributed by atoms with Crippen LogP contribution in [-0.4, -0.2) is 64.6 Å². The molecule has 2 heterocycles. The van der Waals surface area contributed by atoms with E-state index >= 15 is 0 Å². The van der Waals surface area contributed by atoms with Crippen LogP contribution in [0.1, 0.15) is 42.4 Å². The van der Waals surface area contributed by atoms with Crippen LogP contribution in [0.5, 0.6) is 0 Å². The summed E-state index contributed by atoms with van der Waals surface area (Å²) in [5.41, 5.74) is 1.20. The fourth-order valence-corrected chi connectivity index (χ4v) is 6.61. The van der Waals surface area contributed by atoms with E-state index in [-0.39, 0.29) is 22.3 Å². The first-order chi connectivity index (χ1) is 17.8. The highest BCUT2D eigenvalue weighted by molar-refractivity contribution is 7.99. The van der Waals surface area contributed by atoms with Gasteiger partial charge in [-0.3, -0.25) is 14.2 Å². The SMILES string of the molecule is CC(=O)NCCCc1nnc(SCC(=O)c2ccc(S(=O)(=O)N3CCCC3)cc2)n1-c1cccc(Cl)c1. The molecular formula is C25H28ClN5O4S2. The molecule has 0 radical (unpaired) electrons. The fraction of sp³-hybridized carbons (Fsp3) is 0.360. The molecule has 1 N–H and O–H groups in total. The minimum atomic E-state index is -3.53. The van der Waals surface area contributed by atoms with E-state index in [0.717, 1.165) is 18.5 Å². The number of hydrogen-bond donors (Lipinski definition) is 1. The van der Waals surface area contributed by atoms with Crippen molar-refractivity contribution >= 4 is 45.1 Å². The molecule has 12 heteroatoms. The maximum Gasteiger partial charge on any atom is 0.243 e. The lowest BCUT2D eigenvalue weighted by Gasteiger charge is -2.15. The molecule has 0 atom stereocenters. The monoisotopic (exact) mass is 561 g/mol. The molecule has 37 heavy (non-hydrogen) atoms. The van der Waals surface area contributed by atoms with Gasteiger partial charge in [0, 0.05) is 43.6 Å². The van der Waals surface area contributed by atoms with Crippen molar-refractivity contribution in [3.63, 3.8) is 0 Å². The van der Waals surface area contributed by atoms with Crippen LogP contribution >= 0.6 is 23.4 Å². The van der Waals surface area contributed by atoms with Crippen LogP contribution in [0.4, 0.5) is 0 Å². The van der Waals surface area contributed by atoms with Gasteiger partial charge in [0.1, 0.15) is 5.82 Å². The predicted molar refractivity (Wildman–Crippen MR) is 143 cm³/mol. The number of aromatic nitrogens is 3. The highest BCUT2D eigenvalue weighted by Gasteiger charge is 2.27. The first kappa shape index (κ1) is 27.3. The maximum atomic E-state index is 12.9. The zero-order chi connectivity index (χ0) is 26.4. The van der Waals surface area contributed by atoms with E-state index in [1.54, 1.807) is 24.3 Å². The highest BCUT2D eigenvalue weighted by atomic mass is 35.5. The van der Waals surface area contributed by atoms with Gasteiger partial charge in [0.2, 0.25) is 15.9 Å². The number of halogens is 1. The van der Waals surface area contributed by atoms with Gasteiger partial charge < -0.3 is 5.32 Å². The molecule has 9 nitrogen and oxygen atoms in total. The number of rotatable bonds is 11. The normalized spacial score (nSPS) is 14.1. The minimum Gasteiger partial charge on any atom is -0.356 e. The number of carbonyl (C=O) groups excluding carboxylic acids is 2. The van der Waals surface area contributed by atoms with Crippen LogP contribution in [-0.2, 0) is 21.2 Å². The second-order valence-electron chi connectivity index (χ2n) is 8.65. The zero-order valence-electron chi connectivity index (χ0n) is 20.4. The number of thioether (sulfide) groups is 1. The van der Waals surface area contributed by atoms with Crippen LogP contribution in [0.3, 0.4) is 0 Å². The van der Waals surface area contributed by atoms with Crippen molar-refractivity contribution in [3.8, 4) is 5.69 Å². The number of Topliss-reactive ketones (excluding diaryl/α,β-unsaturated/α-hetero) is 1.